The van der Waals surface area contributed by atoms with E-state index in [1.54, 1.807) is 13.8 Å². The first-order chi connectivity index (χ1) is 8.01. The lowest BCUT2D eigenvalue weighted by atomic mass is 10.1. The van der Waals surface area contributed by atoms with Crippen LogP contribution in [0.2, 0.25) is 0 Å². The van der Waals surface area contributed by atoms with Crippen LogP contribution >= 0.6 is 0 Å². The molecule has 6 heteroatoms. The summed E-state index contributed by atoms with van der Waals surface area (Å²) >= 11 is 0. The first kappa shape index (κ1) is 13.2. The van der Waals surface area contributed by atoms with Crippen LogP contribution in [0.15, 0.2) is 10.9 Å². The van der Waals surface area contributed by atoms with E-state index in [0.717, 1.165) is 9.63 Å². The molecule has 0 radical (unpaired) electrons. The van der Waals surface area contributed by atoms with E-state index in [4.69, 9.17) is 5.26 Å². The standard InChI is InChI=1S/C11H15N3O3/c1-3-13(17)4-5-14-10(15)6-8(2)9(7-12)11(14)16/h6,16-17H,3-5H2,1-2H3. The van der Waals surface area contributed by atoms with Gasteiger partial charge in [-0.2, -0.15) is 10.3 Å². The molecule has 1 aromatic rings. The topological polar surface area (TPSA) is 89.5 Å². The highest BCUT2D eigenvalue weighted by Gasteiger charge is 2.12. The molecule has 0 aliphatic heterocycles. The molecular formula is C11H15N3O3. The molecule has 0 spiro atoms. The molecule has 0 saturated carbocycles. The van der Waals surface area contributed by atoms with Gasteiger partial charge in [0.2, 0.25) is 5.88 Å². The van der Waals surface area contributed by atoms with E-state index >= 15 is 0 Å². The van der Waals surface area contributed by atoms with Crippen molar-refractivity contribution in [3.63, 3.8) is 0 Å². The Hall–Kier alpha value is -1.84. The van der Waals surface area contributed by atoms with Gasteiger partial charge >= 0.3 is 0 Å². The molecule has 92 valence electrons. The molecule has 0 aliphatic carbocycles. The predicted molar refractivity (Wildman–Crippen MR) is 60.9 cm³/mol. The smallest absolute Gasteiger partial charge is 0.253 e. The number of aromatic hydroxyl groups is 1. The number of aryl methyl sites for hydroxylation is 1. The second-order valence-electron chi connectivity index (χ2n) is 3.67. The molecule has 0 aromatic carbocycles. The van der Waals surface area contributed by atoms with Crippen molar-refractivity contribution in [3.05, 3.63) is 27.5 Å². The molecule has 0 bridgehead atoms. The highest BCUT2D eigenvalue weighted by atomic mass is 16.5. The second kappa shape index (κ2) is 5.48. The van der Waals surface area contributed by atoms with Crippen LogP contribution in [0.4, 0.5) is 0 Å². The minimum atomic E-state index is -0.386. The van der Waals surface area contributed by atoms with E-state index < -0.39 is 0 Å². The van der Waals surface area contributed by atoms with Crippen LogP contribution in [0.5, 0.6) is 5.88 Å². The molecule has 1 aromatic heterocycles. The van der Waals surface area contributed by atoms with Crippen molar-refractivity contribution in [3.8, 4) is 11.9 Å². The first-order valence-corrected chi connectivity index (χ1v) is 5.28. The number of rotatable bonds is 4. The summed E-state index contributed by atoms with van der Waals surface area (Å²) in [6.07, 6.45) is 0. The predicted octanol–water partition coefficient (Wildman–Crippen LogP) is 0.445. The third-order valence-corrected chi connectivity index (χ3v) is 2.54. The molecule has 0 aliphatic rings. The van der Waals surface area contributed by atoms with Crippen molar-refractivity contribution >= 4 is 0 Å². The van der Waals surface area contributed by atoms with Crippen LogP contribution in [-0.2, 0) is 6.54 Å². The summed E-state index contributed by atoms with van der Waals surface area (Å²) in [6, 6.07) is 3.14. The highest BCUT2D eigenvalue weighted by Crippen LogP contribution is 2.16. The van der Waals surface area contributed by atoms with Crippen LogP contribution in [0, 0.1) is 18.3 Å². The van der Waals surface area contributed by atoms with Gasteiger partial charge in [-0.15, -0.1) is 0 Å². The zero-order chi connectivity index (χ0) is 13.0. The summed E-state index contributed by atoms with van der Waals surface area (Å²) in [5.41, 5.74) is 0.150. The van der Waals surface area contributed by atoms with Crippen molar-refractivity contribution < 1.29 is 10.3 Å². The van der Waals surface area contributed by atoms with Crippen LogP contribution < -0.4 is 5.56 Å². The molecule has 0 fully saturated rings. The van der Waals surface area contributed by atoms with Gasteiger partial charge in [-0.1, -0.05) is 6.92 Å². The first-order valence-electron chi connectivity index (χ1n) is 5.28. The lowest BCUT2D eigenvalue weighted by molar-refractivity contribution is -0.0885. The van der Waals surface area contributed by atoms with Gasteiger partial charge in [-0.25, -0.2) is 0 Å². The number of hydroxylamine groups is 2. The number of nitrogens with zero attached hydrogens (tertiary/aromatic N) is 3. The Kier molecular flexibility index (Phi) is 4.26. The lowest BCUT2D eigenvalue weighted by Gasteiger charge is -2.15. The summed E-state index contributed by atoms with van der Waals surface area (Å²) in [5, 5.41) is 28.9. The zero-order valence-electron chi connectivity index (χ0n) is 9.84. The number of hydrogen-bond donors (Lipinski definition) is 2. The quantitative estimate of drug-likeness (QED) is 0.742. The van der Waals surface area contributed by atoms with E-state index in [9.17, 15) is 15.1 Å². The maximum absolute atomic E-state index is 11.6. The Labute approximate surface area is 98.9 Å². The molecule has 0 unspecified atom stereocenters. The molecule has 2 N–H and O–H groups in total. The molecular weight excluding hydrogens is 222 g/mol. The van der Waals surface area contributed by atoms with Crippen LogP contribution in [0.25, 0.3) is 0 Å². The van der Waals surface area contributed by atoms with Gasteiger partial charge < -0.3 is 10.3 Å². The van der Waals surface area contributed by atoms with Crippen LogP contribution in [0.1, 0.15) is 18.1 Å². The van der Waals surface area contributed by atoms with Gasteiger partial charge in [0.05, 0.1) is 0 Å². The highest BCUT2D eigenvalue weighted by molar-refractivity contribution is 5.43. The normalized spacial score (nSPS) is 10.5. The van der Waals surface area contributed by atoms with E-state index in [1.807, 2.05) is 6.07 Å². The molecule has 1 heterocycles. The van der Waals surface area contributed by atoms with Crippen molar-refractivity contribution in [2.24, 2.45) is 0 Å². The van der Waals surface area contributed by atoms with Crippen molar-refractivity contribution in [2.45, 2.75) is 20.4 Å². The minimum absolute atomic E-state index is 0.0885. The van der Waals surface area contributed by atoms with E-state index in [1.165, 1.54) is 6.07 Å². The Morgan fingerprint density at radius 2 is 2.24 bits per heavy atom. The van der Waals surface area contributed by atoms with Gasteiger partial charge in [0.25, 0.3) is 5.56 Å². The largest absolute Gasteiger partial charge is 0.493 e. The average molecular weight is 237 g/mol. The fourth-order valence-electron chi connectivity index (χ4n) is 1.48. The second-order valence-corrected chi connectivity index (χ2v) is 3.67. The number of nitriles is 1. The number of pyridine rings is 1. The Balaban J connectivity index is 3.09. The maximum atomic E-state index is 11.6. The zero-order valence-corrected chi connectivity index (χ0v) is 9.84. The number of aromatic nitrogens is 1. The van der Waals surface area contributed by atoms with Gasteiger partial charge in [0.15, 0.2) is 0 Å². The monoisotopic (exact) mass is 237 g/mol. The van der Waals surface area contributed by atoms with Gasteiger partial charge in [0.1, 0.15) is 11.6 Å². The van der Waals surface area contributed by atoms with Crippen LogP contribution in [-0.4, -0.2) is 33.0 Å². The number of likely N-dealkylation sites (N-methyl/N-ethyl adjacent to an activating group) is 1. The maximum Gasteiger partial charge on any atom is 0.253 e. The third-order valence-electron chi connectivity index (χ3n) is 2.54. The molecule has 17 heavy (non-hydrogen) atoms. The molecule has 0 saturated heterocycles. The van der Waals surface area contributed by atoms with Gasteiger partial charge in [-0.05, 0) is 12.5 Å². The fraction of sp³-hybridized carbons (Fsp3) is 0.455. The molecule has 1 rings (SSSR count). The number of hydrogen-bond acceptors (Lipinski definition) is 5. The van der Waals surface area contributed by atoms with Crippen LogP contribution in [0.3, 0.4) is 0 Å². The van der Waals surface area contributed by atoms with Crippen molar-refractivity contribution in [1.29, 1.82) is 5.26 Å². The third kappa shape index (κ3) is 2.84. The Bertz CT molecular complexity index is 502. The summed E-state index contributed by atoms with van der Waals surface area (Å²) in [6.45, 7) is 4.11. The Morgan fingerprint density at radius 1 is 1.59 bits per heavy atom. The molecule has 6 nitrogen and oxygen atoms in total. The molecule has 0 atom stereocenters. The van der Waals surface area contributed by atoms with Gasteiger partial charge in [0, 0.05) is 25.7 Å². The lowest BCUT2D eigenvalue weighted by Crippen LogP contribution is -2.29. The summed E-state index contributed by atoms with van der Waals surface area (Å²) in [5.74, 6) is -0.345. The average Bonchev–Trinajstić information content (AvgIpc) is 2.28. The van der Waals surface area contributed by atoms with Crippen molar-refractivity contribution in [1.82, 2.24) is 9.63 Å². The van der Waals surface area contributed by atoms with Gasteiger partial charge in [-0.3, -0.25) is 9.36 Å². The van der Waals surface area contributed by atoms with E-state index in [-0.39, 0.29) is 30.1 Å². The summed E-state index contributed by atoms with van der Waals surface area (Å²) < 4.78 is 1.07. The summed E-state index contributed by atoms with van der Waals surface area (Å²) in [7, 11) is 0. The Morgan fingerprint density at radius 3 is 2.76 bits per heavy atom. The summed E-state index contributed by atoms with van der Waals surface area (Å²) in [4.78, 5) is 11.6. The van der Waals surface area contributed by atoms with Crippen molar-refractivity contribution in [2.75, 3.05) is 13.1 Å². The molecule has 0 amide bonds. The van der Waals surface area contributed by atoms with E-state index in [2.05, 4.69) is 0 Å². The van der Waals surface area contributed by atoms with E-state index in [0.29, 0.717) is 12.1 Å². The fourth-order valence-corrected chi connectivity index (χ4v) is 1.48. The SMILES string of the molecule is CCN(O)CCn1c(O)c(C#N)c(C)cc1=O. The minimum Gasteiger partial charge on any atom is -0.493 e.